The van der Waals surface area contributed by atoms with Crippen LogP contribution in [0.1, 0.15) is 16.8 Å². The Morgan fingerprint density at radius 2 is 1.93 bits per heavy atom. The Balaban J connectivity index is 1.46. The minimum absolute atomic E-state index is 0.0167. The lowest BCUT2D eigenvalue weighted by atomic mass is 10.2. The van der Waals surface area contributed by atoms with E-state index in [9.17, 15) is 4.79 Å². The highest BCUT2D eigenvalue weighted by molar-refractivity contribution is 8.00. The Bertz CT molecular complexity index is 884. The van der Waals surface area contributed by atoms with Gasteiger partial charge in [0, 0.05) is 17.6 Å². The largest absolute Gasteiger partial charge is 0.487 e. The summed E-state index contributed by atoms with van der Waals surface area (Å²) >= 11 is 1.56. The first-order valence-corrected chi connectivity index (χ1v) is 9.76. The molecule has 0 aliphatic heterocycles. The highest BCUT2D eigenvalue weighted by Crippen LogP contribution is 2.21. The summed E-state index contributed by atoms with van der Waals surface area (Å²) in [5, 5.41) is 2.96. The second kappa shape index (κ2) is 9.78. The Hall–Kier alpha value is -2.79. The van der Waals surface area contributed by atoms with Gasteiger partial charge < -0.3 is 10.1 Å². The van der Waals surface area contributed by atoms with Crippen molar-refractivity contribution in [2.45, 2.75) is 25.0 Å². The molecule has 138 valence electrons. The predicted octanol–water partition coefficient (Wildman–Crippen LogP) is 4.38. The van der Waals surface area contributed by atoms with Crippen LogP contribution >= 0.6 is 11.8 Å². The molecule has 1 N–H and O–H groups in total. The summed E-state index contributed by atoms with van der Waals surface area (Å²) in [7, 11) is 0. The fourth-order valence-electron chi connectivity index (χ4n) is 2.50. The first-order chi connectivity index (χ1) is 13.2. The number of nitrogens with zero attached hydrogens (tertiary/aromatic N) is 1. The molecule has 0 atom stereocenters. The van der Waals surface area contributed by atoms with Crippen molar-refractivity contribution in [1.29, 1.82) is 0 Å². The molecule has 0 radical (unpaired) electrons. The minimum atomic E-state index is 0.0167. The molecule has 0 unspecified atom stereocenters. The summed E-state index contributed by atoms with van der Waals surface area (Å²) in [4.78, 5) is 17.5. The average molecular weight is 378 g/mol. The molecule has 5 heteroatoms. The molecule has 0 aliphatic rings. The monoisotopic (exact) mass is 378 g/mol. The minimum Gasteiger partial charge on any atom is -0.487 e. The van der Waals surface area contributed by atoms with Gasteiger partial charge in [-0.25, -0.2) is 0 Å². The molecule has 0 bridgehead atoms. The molecule has 0 aliphatic carbocycles. The summed E-state index contributed by atoms with van der Waals surface area (Å²) in [5.74, 6) is 1.19. The van der Waals surface area contributed by atoms with E-state index in [-0.39, 0.29) is 5.91 Å². The summed E-state index contributed by atoms with van der Waals surface area (Å²) in [6, 6.07) is 21.6. The number of nitrogens with one attached hydrogen (secondary N) is 1. The van der Waals surface area contributed by atoms with E-state index >= 15 is 0 Å². The van der Waals surface area contributed by atoms with Crippen LogP contribution in [0.2, 0.25) is 0 Å². The van der Waals surface area contributed by atoms with E-state index in [1.165, 1.54) is 5.56 Å². The third-order valence-electron chi connectivity index (χ3n) is 3.95. The molecule has 1 aromatic heterocycles. The fraction of sp³-hybridized carbons (Fsp3) is 0.182. The molecule has 3 rings (SSSR count). The summed E-state index contributed by atoms with van der Waals surface area (Å²) in [6.07, 6.45) is 1.75. The van der Waals surface area contributed by atoms with Gasteiger partial charge in [0.2, 0.25) is 5.91 Å². The van der Waals surface area contributed by atoms with Crippen molar-refractivity contribution in [3.63, 3.8) is 0 Å². The van der Waals surface area contributed by atoms with Crippen molar-refractivity contribution in [3.8, 4) is 5.75 Å². The van der Waals surface area contributed by atoms with Crippen molar-refractivity contribution >= 4 is 17.7 Å². The number of carbonyl (C=O) groups excluding carboxylic acids is 1. The molecule has 2 aromatic carbocycles. The third-order valence-corrected chi connectivity index (χ3v) is 5.13. The van der Waals surface area contributed by atoms with Gasteiger partial charge in [-0.1, -0.05) is 36.4 Å². The molecule has 0 saturated carbocycles. The number of hydrogen-bond acceptors (Lipinski definition) is 4. The van der Waals surface area contributed by atoms with Crippen LogP contribution in [0, 0.1) is 6.92 Å². The first-order valence-electron chi connectivity index (χ1n) is 8.77. The maximum atomic E-state index is 12.1. The van der Waals surface area contributed by atoms with Gasteiger partial charge in [0.15, 0.2) is 0 Å². The van der Waals surface area contributed by atoms with Crippen LogP contribution in [0.3, 0.4) is 0 Å². The molecule has 0 fully saturated rings. The highest BCUT2D eigenvalue weighted by atomic mass is 32.2. The molecular formula is C22H22N2O2S. The molecule has 1 heterocycles. The van der Waals surface area contributed by atoms with Gasteiger partial charge in [-0.2, -0.15) is 0 Å². The second-order valence-corrected chi connectivity index (χ2v) is 7.11. The number of pyridine rings is 1. The van der Waals surface area contributed by atoms with E-state index in [2.05, 4.69) is 23.3 Å². The quantitative estimate of drug-likeness (QED) is 0.591. The molecule has 0 spiro atoms. The normalized spacial score (nSPS) is 10.4. The fourth-order valence-corrected chi connectivity index (χ4v) is 3.36. The van der Waals surface area contributed by atoms with Gasteiger partial charge >= 0.3 is 0 Å². The van der Waals surface area contributed by atoms with Crippen molar-refractivity contribution < 1.29 is 9.53 Å². The van der Waals surface area contributed by atoms with Gasteiger partial charge in [-0.3, -0.25) is 9.78 Å². The van der Waals surface area contributed by atoms with E-state index in [1.807, 2.05) is 60.7 Å². The van der Waals surface area contributed by atoms with E-state index in [1.54, 1.807) is 18.0 Å². The molecular weight excluding hydrogens is 356 g/mol. The molecule has 4 nitrogen and oxygen atoms in total. The number of hydrogen-bond donors (Lipinski definition) is 1. The molecule has 27 heavy (non-hydrogen) atoms. The molecule has 3 aromatic rings. The van der Waals surface area contributed by atoms with Gasteiger partial charge in [-0.15, -0.1) is 11.8 Å². The van der Waals surface area contributed by atoms with Crippen molar-refractivity contribution in [1.82, 2.24) is 10.3 Å². The Kier molecular flexibility index (Phi) is 6.88. The van der Waals surface area contributed by atoms with Crippen molar-refractivity contribution in [2.24, 2.45) is 0 Å². The van der Waals surface area contributed by atoms with Crippen LogP contribution in [0.5, 0.6) is 5.75 Å². The number of thioether (sulfide) groups is 1. The Labute approximate surface area is 164 Å². The summed E-state index contributed by atoms with van der Waals surface area (Å²) < 4.78 is 5.78. The lowest BCUT2D eigenvalue weighted by Gasteiger charge is -2.09. The SMILES string of the molecule is Cc1ccccc1SCC(=O)NCc1cccc(OCc2ccccn2)c1. The highest BCUT2D eigenvalue weighted by Gasteiger charge is 2.05. The summed E-state index contributed by atoms with van der Waals surface area (Å²) in [6.45, 7) is 2.95. The van der Waals surface area contributed by atoms with E-state index in [0.717, 1.165) is 21.9 Å². The van der Waals surface area contributed by atoms with Gasteiger partial charge in [-0.05, 0) is 48.4 Å². The van der Waals surface area contributed by atoms with Crippen LogP contribution in [0.15, 0.2) is 77.8 Å². The molecule has 1 amide bonds. The summed E-state index contributed by atoms with van der Waals surface area (Å²) in [5.41, 5.74) is 3.07. The standard InChI is InChI=1S/C22H22N2O2S/c1-17-7-2-3-11-21(17)27-16-22(25)24-14-18-8-6-10-20(13-18)26-15-19-9-4-5-12-23-19/h2-13H,14-16H2,1H3,(H,24,25). The predicted molar refractivity (Wildman–Crippen MR) is 109 cm³/mol. The zero-order chi connectivity index (χ0) is 18.9. The smallest absolute Gasteiger partial charge is 0.230 e. The van der Waals surface area contributed by atoms with E-state index < -0.39 is 0 Å². The average Bonchev–Trinajstić information content (AvgIpc) is 2.71. The van der Waals surface area contributed by atoms with Crippen LogP contribution in [0.25, 0.3) is 0 Å². The number of carbonyl (C=O) groups is 1. The topological polar surface area (TPSA) is 51.2 Å². The van der Waals surface area contributed by atoms with Crippen LogP contribution in [0.4, 0.5) is 0 Å². The number of amides is 1. The zero-order valence-electron chi connectivity index (χ0n) is 15.2. The maximum Gasteiger partial charge on any atom is 0.230 e. The second-order valence-electron chi connectivity index (χ2n) is 6.09. The van der Waals surface area contributed by atoms with Crippen LogP contribution < -0.4 is 10.1 Å². The van der Waals surface area contributed by atoms with Crippen molar-refractivity contribution in [2.75, 3.05) is 5.75 Å². The first kappa shape index (κ1) is 19.0. The Morgan fingerprint density at radius 1 is 1.07 bits per heavy atom. The maximum absolute atomic E-state index is 12.1. The van der Waals surface area contributed by atoms with E-state index in [0.29, 0.717) is 18.9 Å². The molecule has 0 saturated heterocycles. The zero-order valence-corrected chi connectivity index (χ0v) is 16.0. The van der Waals surface area contributed by atoms with Crippen LogP contribution in [-0.2, 0) is 17.9 Å². The number of aromatic nitrogens is 1. The lowest BCUT2D eigenvalue weighted by molar-refractivity contribution is -0.118. The van der Waals surface area contributed by atoms with Crippen LogP contribution in [-0.4, -0.2) is 16.6 Å². The number of ether oxygens (including phenoxy) is 1. The van der Waals surface area contributed by atoms with Gasteiger partial charge in [0.1, 0.15) is 12.4 Å². The lowest BCUT2D eigenvalue weighted by Crippen LogP contribution is -2.24. The van der Waals surface area contributed by atoms with Gasteiger partial charge in [0.05, 0.1) is 11.4 Å². The van der Waals surface area contributed by atoms with Crippen molar-refractivity contribution in [3.05, 3.63) is 89.7 Å². The number of aryl methyl sites for hydroxylation is 1. The third kappa shape index (κ3) is 6.15. The van der Waals surface area contributed by atoms with Gasteiger partial charge in [0.25, 0.3) is 0 Å². The number of rotatable bonds is 8. The van der Waals surface area contributed by atoms with E-state index in [4.69, 9.17) is 4.74 Å². The number of benzene rings is 2. The Morgan fingerprint density at radius 3 is 2.74 bits per heavy atom.